The van der Waals surface area contributed by atoms with E-state index in [9.17, 15) is 9.59 Å². The van der Waals surface area contributed by atoms with Gasteiger partial charge in [-0.15, -0.1) is 0 Å². The lowest BCUT2D eigenvalue weighted by Crippen LogP contribution is -2.13. The zero-order valence-corrected chi connectivity index (χ0v) is 19.6. The van der Waals surface area contributed by atoms with Crippen LogP contribution in [-0.4, -0.2) is 26.1 Å². The Morgan fingerprint density at radius 3 is 2.06 bits per heavy atom. The Labute approximate surface area is 194 Å². The van der Waals surface area contributed by atoms with Crippen LogP contribution in [0, 0.1) is 0 Å². The molecule has 0 saturated carbocycles. The summed E-state index contributed by atoms with van der Waals surface area (Å²) < 4.78 is 16.1. The van der Waals surface area contributed by atoms with Gasteiger partial charge in [0.2, 0.25) is 0 Å². The number of hydrogen-bond acceptors (Lipinski definition) is 5. The van der Waals surface area contributed by atoms with Gasteiger partial charge in [0.1, 0.15) is 18.1 Å². The molecule has 3 aromatic rings. The Morgan fingerprint density at radius 1 is 0.848 bits per heavy atom. The highest BCUT2D eigenvalue weighted by Crippen LogP contribution is 2.26. The van der Waals surface area contributed by atoms with Crippen LogP contribution in [0.3, 0.4) is 0 Å². The first kappa shape index (κ1) is 23.9. The van der Waals surface area contributed by atoms with Gasteiger partial charge in [-0.1, -0.05) is 32.9 Å². The number of carbonyl (C=O) groups excluding carboxylic acids is 2. The second kappa shape index (κ2) is 10.2. The number of rotatable bonds is 7. The maximum atomic E-state index is 12.8. The van der Waals surface area contributed by atoms with Gasteiger partial charge in [0.25, 0.3) is 5.91 Å². The Hall–Kier alpha value is -3.80. The van der Waals surface area contributed by atoms with Gasteiger partial charge in [-0.2, -0.15) is 0 Å². The first-order valence-electron chi connectivity index (χ1n) is 10.6. The van der Waals surface area contributed by atoms with Crippen molar-refractivity contribution in [2.75, 3.05) is 19.5 Å². The van der Waals surface area contributed by atoms with E-state index >= 15 is 0 Å². The molecule has 33 heavy (non-hydrogen) atoms. The second-order valence-electron chi connectivity index (χ2n) is 8.61. The molecule has 0 radical (unpaired) electrons. The topological polar surface area (TPSA) is 73.9 Å². The fourth-order valence-corrected chi connectivity index (χ4v) is 3.26. The van der Waals surface area contributed by atoms with Crippen molar-refractivity contribution in [3.63, 3.8) is 0 Å². The number of anilines is 1. The molecular formula is C27H29NO5. The van der Waals surface area contributed by atoms with E-state index in [2.05, 4.69) is 43.0 Å². The number of benzene rings is 3. The largest absolute Gasteiger partial charge is 0.496 e. The predicted molar refractivity (Wildman–Crippen MR) is 128 cm³/mol. The van der Waals surface area contributed by atoms with Crippen molar-refractivity contribution in [2.24, 2.45) is 0 Å². The minimum absolute atomic E-state index is 0.0725. The van der Waals surface area contributed by atoms with E-state index in [-0.39, 0.29) is 17.9 Å². The molecule has 0 bridgehead atoms. The number of nitrogens with one attached hydrogen (secondary N) is 1. The maximum Gasteiger partial charge on any atom is 0.337 e. The van der Waals surface area contributed by atoms with Gasteiger partial charge in [0.15, 0.2) is 0 Å². The van der Waals surface area contributed by atoms with Crippen molar-refractivity contribution in [2.45, 2.75) is 32.8 Å². The average molecular weight is 448 g/mol. The molecule has 0 aromatic heterocycles. The predicted octanol–water partition coefficient (Wildman–Crippen LogP) is 5.61. The number of esters is 1. The minimum Gasteiger partial charge on any atom is -0.496 e. The minimum atomic E-state index is -0.430. The monoisotopic (exact) mass is 447 g/mol. The van der Waals surface area contributed by atoms with E-state index in [1.165, 1.54) is 12.7 Å². The zero-order chi connectivity index (χ0) is 24.0. The molecule has 6 nitrogen and oxygen atoms in total. The van der Waals surface area contributed by atoms with Crippen LogP contribution in [0.25, 0.3) is 0 Å². The number of carbonyl (C=O) groups is 2. The van der Waals surface area contributed by atoms with Crippen LogP contribution in [0.1, 0.15) is 52.6 Å². The van der Waals surface area contributed by atoms with Crippen molar-refractivity contribution in [1.29, 1.82) is 0 Å². The van der Waals surface area contributed by atoms with Gasteiger partial charge in [0, 0.05) is 16.8 Å². The third kappa shape index (κ3) is 6.13. The highest BCUT2D eigenvalue weighted by atomic mass is 16.5. The van der Waals surface area contributed by atoms with Crippen LogP contribution in [0.2, 0.25) is 0 Å². The SMILES string of the molecule is COC(=O)c1ccc(NC(=O)c2ccc(OC)c(COc3ccc(C(C)(C)C)cc3)c2)cc1. The zero-order valence-electron chi connectivity index (χ0n) is 19.6. The third-order valence-corrected chi connectivity index (χ3v) is 5.22. The molecule has 0 aliphatic heterocycles. The number of amides is 1. The fraction of sp³-hybridized carbons (Fsp3) is 0.259. The summed E-state index contributed by atoms with van der Waals surface area (Å²) in [6.07, 6.45) is 0. The molecule has 1 amide bonds. The van der Waals surface area contributed by atoms with Crippen molar-refractivity contribution < 1.29 is 23.8 Å². The summed E-state index contributed by atoms with van der Waals surface area (Å²) in [5, 5.41) is 2.83. The van der Waals surface area contributed by atoms with Crippen molar-refractivity contribution in [3.8, 4) is 11.5 Å². The first-order valence-corrected chi connectivity index (χ1v) is 10.6. The van der Waals surface area contributed by atoms with Crippen LogP contribution in [-0.2, 0) is 16.8 Å². The van der Waals surface area contributed by atoms with Crippen LogP contribution in [0.15, 0.2) is 66.7 Å². The lowest BCUT2D eigenvalue weighted by atomic mass is 9.87. The van der Waals surface area contributed by atoms with Gasteiger partial charge in [-0.3, -0.25) is 4.79 Å². The van der Waals surface area contributed by atoms with Crippen LogP contribution in [0.4, 0.5) is 5.69 Å². The van der Waals surface area contributed by atoms with E-state index in [0.29, 0.717) is 22.6 Å². The summed E-state index contributed by atoms with van der Waals surface area (Å²) in [4.78, 5) is 24.3. The molecule has 0 aliphatic rings. The molecule has 0 saturated heterocycles. The van der Waals surface area contributed by atoms with E-state index < -0.39 is 5.97 Å². The summed E-state index contributed by atoms with van der Waals surface area (Å²) in [5.41, 5.74) is 3.50. The van der Waals surface area contributed by atoms with Crippen LogP contribution < -0.4 is 14.8 Å². The molecule has 3 aromatic carbocycles. The Balaban J connectivity index is 1.70. The van der Waals surface area contributed by atoms with E-state index in [0.717, 1.165) is 11.3 Å². The molecule has 1 N–H and O–H groups in total. The fourth-order valence-electron chi connectivity index (χ4n) is 3.26. The number of ether oxygens (including phenoxy) is 3. The lowest BCUT2D eigenvalue weighted by Gasteiger charge is -2.19. The van der Waals surface area contributed by atoms with Crippen LogP contribution >= 0.6 is 0 Å². The average Bonchev–Trinajstić information content (AvgIpc) is 2.82. The summed E-state index contributed by atoms with van der Waals surface area (Å²) >= 11 is 0. The van der Waals surface area contributed by atoms with Crippen LogP contribution in [0.5, 0.6) is 11.5 Å². The molecule has 0 unspecified atom stereocenters. The standard InChI is InChI=1S/C27H29NO5/c1-27(2,3)21-9-13-23(14-10-21)33-17-20-16-19(8-15-24(20)31-4)25(29)28-22-11-6-18(7-12-22)26(30)32-5/h6-16H,17H2,1-5H3,(H,28,29). The van der Waals surface area contributed by atoms with E-state index in [1.807, 2.05) is 12.1 Å². The summed E-state index contributed by atoms with van der Waals surface area (Å²) in [6.45, 7) is 6.75. The molecule has 0 aliphatic carbocycles. The van der Waals surface area contributed by atoms with E-state index in [1.54, 1.807) is 49.6 Å². The summed E-state index contributed by atoms with van der Waals surface area (Å²) in [7, 11) is 2.91. The normalized spacial score (nSPS) is 10.9. The number of hydrogen-bond donors (Lipinski definition) is 1. The van der Waals surface area contributed by atoms with Gasteiger partial charge in [0.05, 0.1) is 19.8 Å². The summed E-state index contributed by atoms with van der Waals surface area (Å²) in [6, 6.07) is 19.7. The Kier molecular flexibility index (Phi) is 7.38. The van der Waals surface area contributed by atoms with Crippen molar-refractivity contribution >= 4 is 17.6 Å². The van der Waals surface area contributed by atoms with Crippen molar-refractivity contribution in [3.05, 3.63) is 89.0 Å². The van der Waals surface area contributed by atoms with Crippen molar-refractivity contribution in [1.82, 2.24) is 0 Å². The molecule has 172 valence electrons. The molecule has 0 spiro atoms. The lowest BCUT2D eigenvalue weighted by molar-refractivity contribution is 0.0600. The smallest absolute Gasteiger partial charge is 0.337 e. The highest BCUT2D eigenvalue weighted by molar-refractivity contribution is 6.04. The first-order chi connectivity index (χ1) is 15.7. The molecule has 3 rings (SSSR count). The molecule has 0 heterocycles. The number of methoxy groups -OCH3 is 2. The van der Waals surface area contributed by atoms with Gasteiger partial charge in [-0.05, 0) is 65.6 Å². The molecule has 0 atom stereocenters. The maximum absolute atomic E-state index is 12.8. The highest BCUT2D eigenvalue weighted by Gasteiger charge is 2.14. The van der Waals surface area contributed by atoms with Gasteiger partial charge in [-0.25, -0.2) is 4.79 Å². The Morgan fingerprint density at radius 2 is 1.48 bits per heavy atom. The molecular weight excluding hydrogens is 418 g/mol. The van der Waals surface area contributed by atoms with Gasteiger partial charge < -0.3 is 19.5 Å². The molecule has 6 heteroatoms. The summed E-state index contributed by atoms with van der Waals surface area (Å²) in [5.74, 6) is 0.672. The second-order valence-corrected chi connectivity index (χ2v) is 8.61. The molecule has 0 fully saturated rings. The van der Waals surface area contributed by atoms with E-state index in [4.69, 9.17) is 9.47 Å². The quantitative estimate of drug-likeness (QED) is 0.477. The third-order valence-electron chi connectivity index (χ3n) is 5.22. The Bertz CT molecular complexity index is 1110. The van der Waals surface area contributed by atoms with Gasteiger partial charge >= 0.3 is 5.97 Å².